The minimum atomic E-state index is -0.332. The summed E-state index contributed by atoms with van der Waals surface area (Å²) in [6.07, 6.45) is 0. The zero-order valence-corrected chi connectivity index (χ0v) is 16.7. The second-order valence-corrected chi connectivity index (χ2v) is 6.75. The molecule has 0 saturated heterocycles. The van der Waals surface area contributed by atoms with Crippen LogP contribution in [0.25, 0.3) is 0 Å². The lowest BCUT2D eigenvalue weighted by atomic mass is 10.2. The number of nitrogens with zero attached hydrogens (tertiary/aromatic N) is 3. The van der Waals surface area contributed by atoms with Crippen LogP contribution in [0.1, 0.15) is 21.7 Å². The van der Waals surface area contributed by atoms with Crippen LogP contribution in [0.5, 0.6) is 5.75 Å². The lowest BCUT2D eigenvalue weighted by Crippen LogP contribution is -2.22. The van der Waals surface area contributed by atoms with E-state index >= 15 is 0 Å². The van der Waals surface area contributed by atoms with Crippen LogP contribution in [-0.4, -0.2) is 30.0 Å². The molecule has 1 aromatic heterocycles. The Balaban J connectivity index is 1.78. The molecule has 0 spiro atoms. The molecule has 0 bridgehead atoms. The van der Waals surface area contributed by atoms with E-state index in [9.17, 15) is 4.79 Å². The van der Waals surface area contributed by atoms with Gasteiger partial charge in [-0.2, -0.15) is 0 Å². The first-order chi connectivity index (χ1) is 13.5. The van der Waals surface area contributed by atoms with Gasteiger partial charge < -0.3 is 15.0 Å². The highest BCUT2D eigenvalue weighted by Gasteiger charge is 2.14. The molecule has 3 rings (SSSR count). The predicted molar refractivity (Wildman–Crippen MR) is 111 cm³/mol. The molecule has 3 aromatic rings. The molecule has 7 heteroatoms. The molecule has 0 aliphatic heterocycles. The number of nitrogens with one attached hydrogen (secondary N) is 1. The van der Waals surface area contributed by atoms with Gasteiger partial charge in [-0.25, -0.2) is 9.97 Å². The Morgan fingerprint density at radius 3 is 2.57 bits per heavy atom. The Hall–Kier alpha value is -3.12. The van der Waals surface area contributed by atoms with E-state index in [0.29, 0.717) is 34.6 Å². The Kier molecular flexibility index (Phi) is 6.11. The number of methoxy groups -OCH3 is 1. The first-order valence-corrected chi connectivity index (χ1v) is 9.09. The van der Waals surface area contributed by atoms with Gasteiger partial charge in [0.15, 0.2) is 0 Å². The summed E-state index contributed by atoms with van der Waals surface area (Å²) in [5.74, 6) is 0.699. The monoisotopic (exact) mass is 396 g/mol. The summed E-state index contributed by atoms with van der Waals surface area (Å²) in [6, 6.07) is 16.7. The van der Waals surface area contributed by atoms with Gasteiger partial charge in [0.2, 0.25) is 5.95 Å². The maximum absolute atomic E-state index is 12.7. The second kappa shape index (κ2) is 8.71. The molecule has 0 aliphatic rings. The number of amides is 1. The lowest BCUT2D eigenvalue weighted by Gasteiger charge is -2.18. The number of carbonyl (C=O) groups excluding carboxylic acids is 1. The quantitative estimate of drug-likeness (QED) is 0.671. The van der Waals surface area contributed by atoms with Crippen molar-refractivity contribution in [1.29, 1.82) is 0 Å². The van der Waals surface area contributed by atoms with E-state index in [1.54, 1.807) is 24.3 Å². The molecular formula is C21H21ClN4O2. The second-order valence-electron chi connectivity index (χ2n) is 6.34. The molecule has 0 saturated carbocycles. The molecule has 0 radical (unpaired) electrons. The normalized spacial score (nSPS) is 10.4. The number of aromatic nitrogens is 2. The summed E-state index contributed by atoms with van der Waals surface area (Å²) in [4.78, 5) is 23.5. The number of halogens is 1. The van der Waals surface area contributed by atoms with Gasteiger partial charge >= 0.3 is 0 Å². The van der Waals surface area contributed by atoms with Crippen molar-refractivity contribution in [2.45, 2.75) is 13.5 Å². The van der Waals surface area contributed by atoms with Crippen molar-refractivity contribution in [3.63, 3.8) is 0 Å². The van der Waals surface area contributed by atoms with Crippen molar-refractivity contribution in [2.75, 3.05) is 24.4 Å². The fourth-order valence-electron chi connectivity index (χ4n) is 2.71. The summed E-state index contributed by atoms with van der Waals surface area (Å²) < 4.78 is 5.13. The van der Waals surface area contributed by atoms with Crippen LogP contribution >= 0.6 is 11.6 Å². The van der Waals surface area contributed by atoms with E-state index < -0.39 is 0 Å². The summed E-state index contributed by atoms with van der Waals surface area (Å²) >= 11 is 6.12. The summed E-state index contributed by atoms with van der Waals surface area (Å²) in [6.45, 7) is 2.47. The number of hydrogen-bond acceptors (Lipinski definition) is 5. The Bertz CT molecular complexity index is 979. The zero-order chi connectivity index (χ0) is 20.1. The van der Waals surface area contributed by atoms with E-state index in [4.69, 9.17) is 16.3 Å². The van der Waals surface area contributed by atoms with Gasteiger partial charge in [0.1, 0.15) is 11.4 Å². The number of carbonyl (C=O) groups is 1. The van der Waals surface area contributed by atoms with Gasteiger partial charge in [-0.3, -0.25) is 4.79 Å². The zero-order valence-electron chi connectivity index (χ0n) is 15.9. The number of rotatable bonds is 6. The number of ether oxygens (including phenoxy) is 1. The first kappa shape index (κ1) is 19.6. The topological polar surface area (TPSA) is 67.3 Å². The van der Waals surface area contributed by atoms with E-state index in [-0.39, 0.29) is 11.6 Å². The van der Waals surface area contributed by atoms with Crippen molar-refractivity contribution >= 4 is 29.1 Å². The van der Waals surface area contributed by atoms with Crippen LogP contribution in [0, 0.1) is 6.92 Å². The standard InChI is InChI=1S/C21H21ClN4O2/c1-14-11-18(20(27)24-16-9-10-19(28-3)17(22)12-16)25-21(23-14)26(2)13-15-7-5-4-6-8-15/h4-12H,13H2,1-3H3,(H,24,27). The molecular weight excluding hydrogens is 376 g/mol. The van der Waals surface area contributed by atoms with Crippen molar-refractivity contribution in [3.8, 4) is 5.75 Å². The number of aryl methyl sites for hydroxylation is 1. The van der Waals surface area contributed by atoms with Crippen molar-refractivity contribution in [1.82, 2.24) is 9.97 Å². The summed E-state index contributed by atoms with van der Waals surface area (Å²) in [7, 11) is 3.43. The lowest BCUT2D eigenvalue weighted by molar-refractivity contribution is 0.102. The van der Waals surface area contributed by atoms with Gasteiger partial charge in [0.05, 0.1) is 12.1 Å². The molecule has 1 amide bonds. The average Bonchev–Trinajstić information content (AvgIpc) is 2.68. The first-order valence-electron chi connectivity index (χ1n) is 8.72. The fourth-order valence-corrected chi connectivity index (χ4v) is 2.96. The fraction of sp³-hybridized carbons (Fsp3) is 0.190. The van der Waals surface area contributed by atoms with Crippen LogP contribution in [0.2, 0.25) is 5.02 Å². The highest BCUT2D eigenvalue weighted by Crippen LogP contribution is 2.27. The van der Waals surface area contributed by atoms with Crippen LogP contribution in [0.3, 0.4) is 0 Å². The van der Waals surface area contributed by atoms with Gasteiger partial charge in [-0.1, -0.05) is 41.9 Å². The minimum absolute atomic E-state index is 0.286. The highest BCUT2D eigenvalue weighted by molar-refractivity contribution is 6.32. The minimum Gasteiger partial charge on any atom is -0.495 e. The summed E-state index contributed by atoms with van der Waals surface area (Å²) in [5, 5.41) is 3.22. The largest absolute Gasteiger partial charge is 0.495 e. The Morgan fingerprint density at radius 1 is 1.14 bits per heavy atom. The molecule has 1 N–H and O–H groups in total. The van der Waals surface area contributed by atoms with Gasteiger partial charge in [0, 0.05) is 25.0 Å². The molecule has 6 nitrogen and oxygen atoms in total. The molecule has 144 valence electrons. The maximum Gasteiger partial charge on any atom is 0.274 e. The van der Waals surface area contributed by atoms with E-state index in [0.717, 1.165) is 5.56 Å². The van der Waals surface area contributed by atoms with E-state index in [1.807, 2.05) is 49.2 Å². The van der Waals surface area contributed by atoms with Gasteiger partial charge in [0.25, 0.3) is 5.91 Å². The number of anilines is 2. The molecule has 1 heterocycles. The SMILES string of the molecule is COc1ccc(NC(=O)c2cc(C)nc(N(C)Cc3ccccc3)n2)cc1Cl. The molecule has 0 aliphatic carbocycles. The maximum atomic E-state index is 12.7. The third-order valence-electron chi connectivity index (χ3n) is 4.09. The summed E-state index contributed by atoms with van der Waals surface area (Å²) in [5.41, 5.74) is 2.69. The van der Waals surface area contributed by atoms with Crippen molar-refractivity contribution in [2.24, 2.45) is 0 Å². The van der Waals surface area contributed by atoms with Crippen LogP contribution in [-0.2, 0) is 6.54 Å². The van der Waals surface area contributed by atoms with Crippen molar-refractivity contribution < 1.29 is 9.53 Å². The number of benzene rings is 2. The van der Waals surface area contributed by atoms with Crippen LogP contribution in [0.4, 0.5) is 11.6 Å². The molecule has 0 atom stereocenters. The smallest absolute Gasteiger partial charge is 0.274 e. The number of hydrogen-bond donors (Lipinski definition) is 1. The third kappa shape index (κ3) is 4.78. The molecule has 2 aromatic carbocycles. The van der Waals surface area contributed by atoms with Crippen LogP contribution < -0.4 is 15.0 Å². The highest BCUT2D eigenvalue weighted by atomic mass is 35.5. The third-order valence-corrected chi connectivity index (χ3v) is 4.38. The predicted octanol–water partition coefficient (Wildman–Crippen LogP) is 4.34. The Morgan fingerprint density at radius 2 is 1.89 bits per heavy atom. The molecule has 0 unspecified atom stereocenters. The molecule has 0 fully saturated rings. The van der Waals surface area contributed by atoms with E-state index in [2.05, 4.69) is 15.3 Å². The molecule has 28 heavy (non-hydrogen) atoms. The Labute approximate surface area is 169 Å². The van der Waals surface area contributed by atoms with Crippen molar-refractivity contribution in [3.05, 3.63) is 76.6 Å². The van der Waals surface area contributed by atoms with E-state index in [1.165, 1.54) is 7.11 Å². The van der Waals surface area contributed by atoms with Crippen LogP contribution in [0.15, 0.2) is 54.6 Å². The van der Waals surface area contributed by atoms with Gasteiger partial charge in [-0.05, 0) is 36.8 Å². The average molecular weight is 397 g/mol. The van der Waals surface area contributed by atoms with Gasteiger partial charge in [-0.15, -0.1) is 0 Å².